The number of H-pyrrole nitrogens is 1. The zero-order valence-electron chi connectivity index (χ0n) is 19.8. The Balaban J connectivity index is 1.41. The molecule has 2 aromatic carbocycles. The van der Waals surface area contributed by atoms with Crippen LogP contribution in [-0.2, 0) is 0 Å². The first-order valence-electron chi connectivity index (χ1n) is 12.0. The van der Waals surface area contributed by atoms with Gasteiger partial charge in [-0.2, -0.15) is 5.26 Å². The Morgan fingerprint density at radius 3 is 2.80 bits per heavy atom. The molecule has 0 amide bonds. The summed E-state index contributed by atoms with van der Waals surface area (Å²) in [6.07, 6.45) is 10.4. The van der Waals surface area contributed by atoms with Crippen molar-refractivity contribution in [1.29, 1.82) is 5.26 Å². The third kappa shape index (κ3) is 5.08. The molecule has 0 aliphatic heterocycles. The fraction of sp³-hybridized carbons (Fsp3) is 0.286. The molecular formula is C28H29N5O2. The number of anilines is 2. The Morgan fingerprint density at radius 2 is 1.97 bits per heavy atom. The number of fused-ring (bicyclic) bond motifs is 1. The molecule has 0 unspecified atom stereocenters. The number of aromatic nitrogens is 2. The van der Waals surface area contributed by atoms with E-state index in [2.05, 4.69) is 32.7 Å². The Morgan fingerprint density at radius 1 is 1.09 bits per heavy atom. The summed E-state index contributed by atoms with van der Waals surface area (Å²) >= 11 is 0. The third-order valence-electron chi connectivity index (χ3n) is 6.51. The highest BCUT2D eigenvalue weighted by molar-refractivity contribution is 5.88. The zero-order chi connectivity index (χ0) is 24.0. The number of rotatable bonds is 9. The average molecular weight is 468 g/mol. The van der Waals surface area contributed by atoms with E-state index < -0.39 is 0 Å². The van der Waals surface area contributed by atoms with Gasteiger partial charge in [-0.05, 0) is 54.8 Å². The smallest absolute Gasteiger partial charge is 0.161 e. The first-order valence-corrected chi connectivity index (χ1v) is 12.0. The average Bonchev–Trinajstić information content (AvgIpc) is 3.58. The Labute approximate surface area is 205 Å². The molecule has 0 atom stereocenters. The minimum atomic E-state index is 0.468. The number of hydrogen-bond donors (Lipinski definition) is 3. The van der Waals surface area contributed by atoms with Gasteiger partial charge in [0.05, 0.1) is 18.4 Å². The predicted octanol–water partition coefficient (Wildman–Crippen LogP) is 5.76. The molecule has 2 heterocycles. The predicted molar refractivity (Wildman–Crippen MR) is 138 cm³/mol. The fourth-order valence-electron chi connectivity index (χ4n) is 4.69. The van der Waals surface area contributed by atoms with Crippen molar-refractivity contribution >= 4 is 22.3 Å². The molecule has 0 bridgehead atoms. The van der Waals surface area contributed by atoms with Gasteiger partial charge in [0.15, 0.2) is 11.5 Å². The summed E-state index contributed by atoms with van der Waals surface area (Å²) < 4.78 is 11.6. The summed E-state index contributed by atoms with van der Waals surface area (Å²) in [5.74, 6) is 1.34. The van der Waals surface area contributed by atoms with Gasteiger partial charge in [0.25, 0.3) is 0 Å². The second-order valence-electron chi connectivity index (χ2n) is 8.78. The standard InChI is InChI=1S/C28H29N5O2/c1-34-26-9-6-19(15-27(26)35-13-12-31-22-4-2-3-5-22)24-18-30-17-21(16-29)28(24)33-23-7-8-25-20(14-23)10-11-32-25/h6-11,14-15,17-18,22,31-32H,2-5,12-13H2,1H3,(H,30,33). The Hall–Kier alpha value is -4.02. The highest BCUT2D eigenvalue weighted by atomic mass is 16.5. The van der Waals surface area contributed by atoms with Gasteiger partial charge in [-0.3, -0.25) is 4.98 Å². The van der Waals surface area contributed by atoms with Gasteiger partial charge in [0.2, 0.25) is 0 Å². The highest BCUT2D eigenvalue weighted by Gasteiger charge is 2.16. The van der Waals surface area contributed by atoms with Crippen LogP contribution in [0.2, 0.25) is 0 Å². The van der Waals surface area contributed by atoms with Crippen LogP contribution in [0.4, 0.5) is 11.4 Å². The SMILES string of the molecule is COc1ccc(-c2cncc(C#N)c2Nc2ccc3[nH]ccc3c2)cc1OCCNC1CCCC1. The minimum Gasteiger partial charge on any atom is -0.493 e. The maximum Gasteiger partial charge on any atom is 0.161 e. The van der Waals surface area contributed by atoms with Gasteiger partial charge in [-0.25, -0.2) is 0 Å². The van der Waals surface area contributed by atoms with Gasteiger partial charge in [0.1, 0.15) is 12.7 Å². The summed E-state index contributed by atoms with van der Waals surface area (Å²) in [5.41, 5.74) is 4.83. The van der Waals surface area contributed by atoms with Crippen LogP contribution in [0.3, 0.4) is 0 Å². The zero-order valence-corrected chi connectivity index (χ0v) is 19.8. The lowest BCUT2D eigenvalue weighted by Gasteiger charge is -2.17. The molecule has 1 aliphatic rings. The molecule has 0 saturated heterocycles. The number of ether oxygens (including phenoxy) is 2. The van der Waals surface area contributed by atoms with Crippen LogP contribution in [0.1, 0.15) is 31.2 Å². The molecule has 7 nitrogen and oxygen atoms in total. The summed E-state index contributed by atoms with van der Waals surface area (Å²) in [5, 5.41) is 17.9. The van der Waals surface area contributed by atoms with Crippen LogP contribution in [0.5, 0.6) is 11.5 Å². The van der Waals surface area contributed by atoms with Crippen molar-refractivity contribution in [2.75, 3.05) is 25.6 Å². The van der Waals surface area contributed by atoms with Crippen molar-refractivity contribution in [1.82, 2.24) is 15.3 Å². The van der Waals surface area contributed by atoms with E-state index in [9.17, 15) is 5.26 Å². The van der Waals surface area contributed by atoms with Crippen molar-refractivity contribution in [3.63, 3.8) is 0 Å². The van der Waals surface area contributed by atoms with Crippen molar-refractivity contribution < 1.29 is 9.47 Å². The summed E-state index contributed by atoms with van der Waals surface area (Å²) in [4.78, 5) is 7.52. The molecule has 2 aromatic heterocycles. The van der Waals surface area contributed by atoms with Crippen LogP contribution in [0, 0.1) is 11.3 Å². The number of aromatic amines is 1. The van der Waals surface area contributed by atoms with Crippen LogP contribution in [0.15, 0.2) is 61.1 Å². The Kier molecular flexibility index (Phi) is 6.82. The van der Waals surface area contributed by atoms with Crippen LogP contribution in [-0.4, -0.2) is 36.3 Å². The topological polar surface area (TPSA) is 95.0 Å². The van der Waals surface area contributed by atoms with Crippen LogP contribution < -0.4 is 20.1 Å². The lowest BCUT2D eigenvalue weighted by Crippen LogP contribution is -2.30. The van der Waals surface area contributed by atoms with Crippen molar-refractivity contribution in [3.05, 3.63) is 66.6 Å². The number of nitrogens with zero attached hydrogens (tertiary/aromatic N) is 2. The molecule has 5 rings (SSSR count). The van der Waals surface area contributed by atoms with E-state index in [4.69, 9.17) is 9.47 Å². The molecule has 3 N–H and O–H groups in total. The first kappa shape index (κ1) is 22.8. The number of benzene rings is 2. The molecule has 7 heteroatoms. The van der Waals surface area contributed by atoms with Gasteiger partial charge in [-0.1, -0.05) is 18.9 Å². The fourth-order valence-corrected chi connectivity index (χ4v) is 4.69. The first-order chi connectivity index (χ1) is 17.2. The van der Waals surface area contributed by atoms with Gasteiger partial charge < -0.3 is 25.1 Å². The molecule has 35 heavy (non-hydrogen) atoms. The maximum atomic E-state index is 9.79. The molecule has 1 saturated carbocycles. The van der Waals surface area contributed by atoms with E-state index in [0.29, 0.717) is 35.4 Å². The summed E-state index contributed by atoms with van der Waals surface area (Å²) in [7, 11) is 1.64. The van der Waals surface area contributed by atoms with Gasteiger partial charge in [0, 0.05) is 53.3 Å². The largest absolute Gasteiger partial charge is 0.493 e. The lowest BCUT2D eigenvalue weighted by atomic mass is 10.0. The lowest BCUT2D eigenvalue weighted by molar-refractivity contribution is 0.286. The molecule has 1 aliphatic carbocycles. The van der Waals surface area contributed by atoms with E-state index in [1.54, 1.807) is 19.5 Å². The third-order valence-corrected chi connectivity index (χ3v) is 6.51. The van der Waals surface area contributed by atoms with Crippen LogP contribution in [0.25, 0.3) is 22.0 Å². The number of nitrogens with one attached hydrogen (secondary N) is 3. The van der Waals surface area contributed by atoms with Crippen LogP contribution >= 0.6 is 0 Å². The van der Waals surface area contributed by atoms with Gasteiger partial charge >= 0.3 is 0 Å². The number of hydrogen-bond acceptors (Lipinski definition) is 6. The second-order valence-corrected chi connectivity index (χ2v) is 8.78. The van der Waals surface area contributed by atoms with E-state index in [1.165, 1.54) is 25.7 Å². The maximum absolute atomic E-state index is 9.79. The van der Waals surface area contributed by atoms with Gasteiger partial charge in [-0.15, -0.1) is 0 Å². The molecular weight excluding hydrogens is 438 g/mol. The summed E-state index contributed by atoms with van der Waals surface area (Å²) in [6, 6.07) is 16.8. The molecule has 178 valence electrons. The minimum absolute atomic E-state index is 0.468. The Bertz CT molecular complexity index is 1350. The van der Waals surface area contributed by atoms with E-state index >= 15 is 0 Å². The van der Waals surface area contributed by atoms with Crippen molar-refractivity contribution in [3.8, 4) is 28.7 Å². The molecule has 4 aromatic rings. The van der Waals surface area contributed by atoms with E-state index in [1.807, 2.05) is 42.6 Å². The van der Waals surface area contributed by atoms with E-state index in [0.717, 1.165) is 34.3 Å². The second kappa shape index (κ2) is 10.5. The molecule has 1 fully saturated rings. The molecule has 0 spiro atoms. The number of nitriles is 1. The number of pyridine rings is 1. The van der Waals surface area contributed by atoms with Crippen molar-refractivity contribution in [2.45, 2.75) is 31.7 Å². The monoisotopic (exact) mass is 467 g/mol. The summed E-state index contributed by atoms with van der Waals surface area (Å²) in [6.45, 7) is 1.34. The number of methoxy groups -OCH3 is 1. The quantitative estimate of drug-likeness (QED) is 0.271. The normalized spacial score (nSPS) is 13.6. The molecule has 0 radical (unpaired) electrons. The van der Waals surface area contributed by atoms with E-state index in [-0.39, 0.29) is 0 Å². The highest BCUT2D eigenvalue weighted by Crippen LogP contribution is 2.37. The van der Waals surface area contributed by atoms with Crippen molar-refractivity contribution in [2.24, 2.45) is 0 Å².